The van der Waals surface area contributed by atoms with Crippen LogP contribution in [0.3, 0.4) is 0 Å². The fraction of sp³-hybridized carbons (Fsp3) is 0.571. The Morgan fingerprint density at radius 3 is 2.48 bits per heavy atom. The Kier molecular flexibility index (Phi) is 6.06. The molecule has 1 N–H and O–H groups in total. The number of alkyl halides is 3. The van der Waals surface area contributed by atoms with E-state index in [1.807, 2.05) is 0 Å². The van der Waals surface area contributed by atoms with Crippen molar-refractivity contribution in [2.45, 2.75) is 55.6 Å². The number of ketones is 1. The highest BCUT2D eigenvalue weighted by Gasteiger charge is 2.71. The van der Waals surface area contributed by atoms with Crippen LogP contribution in [0.15, 0.2) is 18.2 Å². The van der Waals surface area contributed by atoms with Crippen molar-refractivity contribution in [1.29, 1.82) is 0 Å². The van der Waals surface area contributed by atoms with E-state index in [4.69, 9.17) is 16.3 Å². The maximum absolute atomic E-state index is 13.4. The van der Waals surface area contributed by atoms with E-state index < -0.39 is 41.2 Å². The Morgan fingerprint density at radius 1 is 1.24 bits per heavy atom. The zero-order chi connectivity index (χ0) is 24.0. The third-order valence-corrected chi connectivity index (χ3v) is 6.89. The van der Waals surface area contributed by atoms with E-state index in [1.165, 1.54) is 17.0 Å². The van der Waals surface area contributed by atoms with Gasteiger partial charge in [0.15, 0.2) is 12.4 Å². The molecule has 1 aromatic carbocycles. The van der Waals surface area contributed by atoms with Crippen molar-refractivity contribution >= 4 is 29.7 Å². The Bertz CT molecular complexity index is 947. The minimum Gasteiger partial charge on any atom is -0.484 e. The molecule has 2 bridgehead atoms. The van der Waals surface area contributed by atoms with E-state index in [0.29, 0.717) is 25.7 Å². The van der Waals surface area contributed by atoms with Crippen LogP contribution in [-0.2, 0) is 19.1 Å². The summed E-state index contributed by atoms with van der Waals surface area (Å²) in [4.78, 5) is 37.5. The van der Waals surface area contributed by atoms with Gasteiger partial charge in [-0.15, -0.1) is 13.2 Å². The average Bonchev–Trinajstić information content (AvgIpc) is 2.64. The van der Waals surface area contributed by atoms with Crippen molar-refractivity contribution in [2.75, 3.05) is 13.2 Å². The fourth-order valence-electron chi connectivity index (χ4n) is 4.95. The van der Waals surface area contributed by atoms with Gasteiger partial charge in [0.25, 0.3) is 5.91 Å². The van der Waals surface area contributed by atoms with Gasteiger partial charge < -0.3 is 15.0 Å². The number of hydrogen-bond donors (Lipinski definition) is 1. The summed E-state index contributed by atoms with van der Waals surface area (Å²) in [5, 5.41) is 2.79. The molecule has 12 heteroatoms. The minimum atomic E-state index is -4.73. The highest BCUT2D eigenvalue weighted by Crippen LogP contribution is 2.63. The molecule has 0 heterocycles. The molecule has 4 aliphatic rings. The Hall–Kier alpha value is -2.40. The smallest absolute Gasteiger partial charge is 0.484 e. The lowest BCUT2D eigenvalue weighted by Crippen LogP contribution is -2.84. The minimum absolute atomic E-state index is 0.0183. The van der Waals surface area contributed by atoms with Crippen molar-refractivity contribution in [3.05, 3.63) is 29.0 Å². The number of nitrogens with one attached hydrogen (secondary N) is 1. The number of benzene rings is 1. The van der Waals surface area contributed by atoms with Gasteiger partial charge in [0, 0.05) is 23.1 Å². The van der Waals surface area contributed by atoms with Gasteiger partial charge in [-0.05, 0) is 44.2 Å². The molecule has 0 spiro atoms. The molecule has 0 aromatic heterocycles. The number of carbonyl (C=O) groups is 3. The van der Waals surface area contributed by atoms with Crippen LogP contribution in [-0.4, -0.2) is 59.7 Å². The van der Waals surface area contributed by atoms with E-state index in [0.717, 1.165) is 6.07 Å². The first kappa shape index (κ1) is 23.7. The maximum atomic E-state index is 13.4. The molecule has 4 aliphatic carbocycles. The molecule has 0 radical (unpaired) electrons. The van der Waals surface area contributed by atoms with Gasteiger partial charge in [0.2, 0.25) is 6.41 Å². The van der Waals surface area contributed by atoms with E-state index in [-0.39, 0.29) is 42.5 Å². The summed E-state index contributed by atoms with van der Waals surface area (Å²) in [6, 6.07) is 3.83. The summed E-state index contributed by atoms with van der Waals surface area (Å²) >= 11 is 5.60. The summed E-state index contributed by atoms with van der Waals surface area (Å²) in [5.74, 6) is -1.76. The molecule has 1 aromatic rings. The molecule has 4 saturated carbocycles. The van der Waals surface area contributed by atoms with Crippen molar-refractivity contribution in [3.8, 4) is 5.75 Å². The van der Waals surface area contributed by atoms with Crippen LogP contribution in [0.2, 0.25) is 5.02 Å². The van der Waals surface area contributed by atoms with Gasteiger partial charge in [0.1, 0.15) is 11.6 Å². The quantitative estimate of drug-likeness (QED) is 0.401. The van der Waals surface area contributed by atoms with Gasteiger partial charge in [-0.2, -0.15) is 0 Å². The van der Waals surface area contributed by atoms with Crippen molar-refractivity contribution in [3.63, 3.8) is 0 Å². The van der Waals surface area contributed by atoms with Crippen molar-refractivity contribution in [2.24, 2.45) is 5.92 Å². The summed E-state index contributed by atoms with van der Waals surface area (Å²) in [6.45, 7) is -0.503. The Morgan fingerprint density at radius 2 is 1.91 bits per heavy atom. The first-order chi connectivity index (χ1) is 15.4. The number of halogens is 5. The van der Waals surface area contributed by atoms with Crippen LogP contribution in [0.1, 0.15) is 32.1 Å². The van der Waals surface area contributed by atoms with Gasteiger partial charge in [0.05, 0.1) is 17.7 Å². The van der Waals surface area contributed by atoms with Crippen LogP contribution in [0.5, 0.6) is 5.75 Å². The number of ether oxygens (including phenoxy) is 2. The largest absolute Gasteiger partial charge is 0.522 e. The number of hydrogen-bond acceptors (Lipinski definition) is 5. The third kappa shape index (κ3) is 4.93. The van der Waals surface area contributed by atoms with Crippen LogP contribution in [0.25, 0.3) is 0 Å². The lowest BCUT2D eigenvalue weighted by Gasteiger charge is -2.72. The predicted octanol–water partition coefficient (Wildman–Crippen LogP) is 2.99. The molecule has 2 amide bonds. The summed E-state index contributed by atoms with van der Waals surface area (Å²) in [6.07, 6.45) is -3.81. The molecule has 0 atom stereocenters. The first-order valence-electron chi connectivity index (χ1n) is 10.3. The molecule has 33 heavy (non-hydrogen) atoms. The molecule has 0 saturated heterocycles. The fourth-order valence-corrected chi connectivity index (χ4v) is 5.06. The van der Waals surface area contributed by atoms with Crippen LogP contribution < -0.4 is 10.1 Å². The second-order valence-electron chi connectivity index (χ2n) is 9.00. The Labute approximate surface area is 191 Å². The van der Waals surface area contributed by atoms with Crippen molar-refractivity contribution in [1.82, 2.24) is 10.2 Å². The van der Waals surface area contributed by atoms with Gasteiger partial charge in [-0.3, -0.25) is 19.1 Å². The van der Waals surface area contributed by atoms with Gasteiger partial charge >= 0.3 is 6.36 Å². The summed E-state index contributed by atoms with van der Waals surface area (Å²) in [7, 11) is 0. The summed E-state index contributed by atoms with van der Waals surface area (Å²) < 4.78 is 59.2. The molecule has 7 nitrogen and oxygen atoms in total. The lowest BCUT2D eigenvalue weighted by molar-refractivity contribution is -0.353. The highest BCUT2D eigenvalue weighted by molar-refractivity contribution is 6.30. The Balaban J connectivity index is 1.20. The van der Waals surface area contributed by atoms with Crippen LogP contribution >= 0.6 is 11.6 Å². The third-order valence-electron chi connectivity index (χ3n) is 6.58. The molecule has 4 fully saturated rings. The van der Waals surface area contributed by atoms with Crippen LogP contribution in [0, 0.1) is 11.7 Å². The van der Waals surface area contributed by atoms with Gasteiger partial charge in [-0.25, -0.2) is 4.39 Å². The summed E-state index contributed by atoms with van der Waals surface area (Å²) in [5.41, 5.74) is -1.02. The number of nitrogens with zero attached hydrogens (tertiary/aromatic N) is 1. The van der Waals surface area contributed by atoms with E-state index in [2.05, 4.69) is 10.1 Å². The molecule has 0 unspecified atom stereocenters. The maximum Gasteiger partial charge on any atom is 0.522 e. The standard InChI is InChI=1S/C21H21ClF4N2O5/c22-15-2-1-13(5-16(15)23)32-7-18(31)27-19-8-20(9-19,10-19)28(11-29)6-17(30)12-3-14(4-12)33-21(24,25)26/h1-2,5,11-12,14H,3-4,6-10H2,(H,27,31). The SMILES string of the molecule is O=CN(CC(=O)C1CC(OC(F)(F)F)C1)C12CC(NC(=O)COc3ccc(Cl)c(F)c3)(C1)C2. The molecule has 0 aliphatic heterocycles. The van der Waals surface area contributed by atoms with E-state index >= 15 is 0 Å². The first-order valence-corrected chi connectivity index (χ1v) is 10.7. The van der Waals surface area contributed by atoms with E-state index in [9.17, 15) is 31.9 Å². The normalized spacial score (nSPS) is 29.7. The second-order valence-corrected chi connectivity index (χ2v) is 9.41. The lowest BCUT2D eigenvalue weighted by atomic mass is 9.43. The molecular weight excluding hydrogens is 472 g/mol. The topological polar surface area (TPSA) is 84.9 Å². The molecular formula is C21H21ClF4N2O5. The second kappa shape index (κ2) is 8.43. The zero-order valence-electron chi connectivity index (χ0n) is 17.3. The number of rotatable bonds is 10. The van der Waals surface area contributed by atoms with Gasteiger partial charge in [-0.1, -0.05) is 11.6 Å². The average molecular weight is 493 g/mol. The molecule has 5 rings (SSSR count). The predicted molar refractivity (Wildman–Crippen MR) is 106 cm³/mol. The zero-order valence-corrected chi connectivity index (χ0v) is 18.0. The number of carbonyl (C=O) groups excluding carboxylic acids is 3. The monoisotopic (exact) mass is 492 g/mol. The van der Waals surface area contributed by atoms with E-state index in [1.54, 1.807) is 0 Å². The number of Topliss-reactive ketones (excluding diaryl/α,β-unsaturated/α-hetero) is 1. The molecule has 180 valence electrons. The van der Waals surface area contributed by atoms with Crippen molar-refractivity contribution < 1.29 is 41.4 Å². The van der Waals surface area contributed by atoms with Crippen LogP contribution in [0.4, 0.5) is 17.6 Å². The highest BCUT2D eigenvalue weighted by atomic mass is 35.5. The number of amides is 2.